The summed E-state index contributed by atoms with van der Waals surface area (Å²) in [5, 5.41) is 5.62. The van der Waals surface area contributed by atoms with Crippen molar-refractivity contribution in [3.8, 4) is 0 Å². The summed E-state index contributed by atoms with van der Waals surface area (Å²) < 4.78 is 11.9. The van der Waals surface area contributed by atoms with E-state index < -0.39 is 5.95 Å². The Hall–Kier alpha value is -0.900. The summed E-state index contributed by atoms with van der Waals surface area (Å²) in [5.41, 5.74) is 5.74. The van der Waals surface area contributed by atoms with Crippen LogP contribution in [0.2, 0.25) is 0 Å². The van der Waals surface area contributed by atoms with Crippen molar-refractivity contribution in [2.75, 3.05) is 0 Å². The van der Waals surface area contributed by atoms with E-state index in [2.05, 4.69) is 10.2 Å². The first-order chi connectivity index (χ1) is 3.83. The van der Waals surface area contributed by atoms with Gasteiger partial charge < -0.3 is 5.73 Å². The maximum Gasteiger partial charge on any atom is 0.232 e. The average molecular weight is 115 g/mol. The van der Waals surface area contributed by atoms with Crippen LogP contribution in [0.4, 0.5) is 4.39 Å². The zero-order valence-corrected chi connectivity index (χ0v) is 4.19. The molecule has 3 N–H and O–H groups in total. The topological polar surface area (TPSA) is 54.7 Å². The molecule has 0 unspecified atom stereocenters. The fourth-order valence-corrected chi connectivity index (χ4v) is 0.438. The molecule has 0 fully saturated rings. The van der Waals surface area contributed by atoms with Crippen LogP contribution in [-0.2, 0) is 6.54 Å². The first-order valence-corrected chi connectivity index (χ1v) is 2.23. The van der Waals surface area contributed by atoms with Gasteiger partial charge in [0.15, 0.2) is 0 Å². The van der Waals surface area contributed by atoms with Crippen LogP contribution in [0.25, 0.3) is 0 Å². The van der Waals surface area contributed by atoms with Gasteiger partial charge in [0.2, 0.25) is 5.95 Å². The van der Waals surface area contributed by atoms with Crippen LogP contribution in [-0.4, -0.2) is 10.2 Å². The molecule has 0 aliphatic heterocycles. The Kier molecular flexibility index (Phi) is 1.26. The third-order valence-corrected chi connectivity index (χ3v) is 0.820. The average Bonchev–Trinajstić information content (AvgIpc) is 2.14. The Morgan fingerprint density at radius 3 is 2.88 bits per heavy atom. The number of hydrogen-bond acceptors (Lipinski definition) is 2. The Bertz CT molecular complexity index is 172. The monoisotopic (exact) mass is 115 g/mol. The fourth-order valence-electron chi connectivity index (χ4n) is 0.438. The van der Waals surface area contributed by atoms with Gasteiger partial charge in [-0.05, 0) is 0 Å². The number of aromatic nitrogens is 2. The van der Waals surface area contributed by atoms with Crippen molar-refractivity contribution in [2.24, 2.45) is 5.73 Å². The number of nitrogens with one attached hydrogen (secondary N) is 1. The minimum absolute atomic E-state index is 0.302. The smallest absolute Gasteiger partial charge is 0.232 e. The van der Waals surface area contributed by atoms with Gasteiger partial charge in [-0.25, -0.2) is 0 Å². The maximum absolute atomic E-state index is 11.9. The lowest BCUT2D eigenvalue weighted by Crippen LogP contribution is -1.95. The molecule has 1 heterocycles. The van der Waals surface area contributed by atoms with E-state index in [-0.39, 0.29) is 0 Å². The zero-order chi connectivity index (χ0) is 5.98. The first kappa shape index (κ1) is 5.24. The normalized spacial score (nSPS) is 9.75. The Balaban J connectivity index is 2.84. The third-order valence-electron chi connectivity index (χ3n) is 0.820. The predicted octanol–water partition coefficient (Wildman–Crippen LogP) is 0.00750. The largest absolute Gasteiger partial charge is 0.325 e. The Morgan fingerprint density at radius 1 is 1.88 bits per heavy atom. The second-order valence-corrected chi connectivity index (χ2v) is 1.42. The summed E-state index contributed by atoms with van der Waals surface area (Å²) in [4.78, 5) is 0. The molecule has 0 aliphatic carbocycles. The van der Waals surface area contributed by atoms with Gasteiger partial charge in [0, 0.05) is 12.6 Å². The number of nitrogens with two attached hydrogens (primary N) is 1. The summed E-state index contributed by atoms with van der Waals surface area (Å²) in [7, 11) is 0. The van der Waals surface area contributed by atoms with E-state index in [1.165, 1.54) is 6.07 Å². The predicted molar refractivity (Wildman–Crippen MR) is 26.4 cm³/mol. The SMILES string of the molecule is NCc1cc(F)n[nH]1. The molecule has 0 aliphatic rings. The molecule has 4 heteroatoms. The number of nitrogens with zero attached hydrogens (tertiary/aromatic N) is 1. The summed E-state index contributed by atoms with van der Waals surface area (Å²) in [6.07, 6.45) is 0. The van der Waals surface area contributed by atoms with Gasteiger partial charge >= 0.3 is 0 Å². The van der Waals surface area contributed by atoms with Crippen LogP contribution in [0, 0.1) is 5.95 Å². The van der Waals surface area contributed by atoms with Gasteiger partial charge in [-0.2, -0.15) is 4.39 Å². The van der Waals surface area contributed by atoms with Crippen LogP contribution < -0.4 is 5.73 Å². The molecule has 0 amide bonds. The number of aromatic amines is 1. The maximum atomic E-state index is 11.9. The van der Waals surface area contributed by atoms with Crippen LogP contribution in [0.3, 0.4) is 0 Å². The zero-order valence-electron chi connectivity index (χ0n) is 4.19. The van der Waals surface area contributed by atoms with E-state index in [0.717, 1.165) is 0 Å². The van der Waals surface area contributed by atoms with E-state index in [4.69, 9.17) is 5.73 Å². The number of rotatable bonds is 1. The van der Waals surface area contributed by atoms with Gasteiger partial charge in [-0.15, -0.1) is 5.10 Å². The van der Waals surface area contributed by atoms with E-state index in [1.54, 1.807) is 0 Å². The lowest BCUT2D eigenvalue weighted by Gasteiger charge is -1.79. The number of halogens is 1. The molecule has 3 nitrogen and oxygen atoms in total. The van der Waals surface area contributed by atoms with Crippen LogP contribution in [0.5, 0.6) is 0 Å². The molecule has 0 aromatic carbocycles. The van der Waals surface area contributed by atoms with Gasteiger partial charge in [0.25, 0.3) is 0 Å². The highest BCUT2D eigenvalue weighted by Crippen LogP contribution is 1.93. The summed E-state index contributed by atoms with van der Waals surface area (Å²) >= 11 is 0. The molecule has 0 spiro atoms. The van der Waals surface area contributed by atoms with E-state index in [0.29, 0.717) is 12.2 Å². The second kappa shape index (κ2) is 1.92. The molecule has 1 aromatic heterocycles. The molecule has 0 bridgehead atoms. The Morgan fingerprint density at radius 2 is 2.62 bits per heavy atom. The van der Waals surface area contributed by atoms with Gasteiger partial charge in [-0.1, -0.05) is 0 Å². The summed E-state index contributed by atoms with van der Waals surface area (Å²) in [5.74, 6) is -0.509. The molecule has 0 radical (unpaired) electrons. The van der Waals surface area contributed by atoms with Crippen molar-refractivity contribution in [1.82, 2.24) is 10.2 Å². The number of H-pyrrole nitrogens is 1. The van der Waals surface area contributed by atoms with Crippen molar-refractivity contribution in [3.63, 3.8) is 0 Å². The van der Waals surface area contributed by atoms with Gasteiger partial charge in [0.05, 0.1) is 5.69 Å². The summed E-state index contributed by atoms with van der Waals surface area (Å²) in [6.45, 7) is 0.302. The highest BCUT2D eigenvalue weighted by Gasteiger charge is 1.93. The first-order valence-electron chi connectivity index (χ1n) is 2.23. The van der Waals surface area contributed by atoms with E-state index in [1.807, 2.05) is 0 Å². The highest BCUT2D eigenvalue weighted by molar-refractivity contribution is 4.97. The highest BCUT2D eigenvalue weighted by atomic mass is 19.1. The van der Waals surface area contributed by atoms with Crippen LogP contribution >= 0.6 is 0 Å². The van der Waals surface area contributed by atoms with Gasteiger partial charge in [-0.3, -0.25) is 5.10 Å². The third kappa shape index (κ3) is 0.840. The van der Waals surface area contributed by atoms with Crippen LogP contribution in [0.1, 0.15) is 5.69 Å². The molecule has 1 rings (SSSR count). The van der Waals surface area contributed by atoms with Crippen molar-refractivity contribution in [3.05, 3.63) is 17.7 Å². The molecule has 8 heavy (non-hydrogen) atoms. The Labute approximate surface area is 45.7 Å². The van der Waals surface area contributed by atoms with Crippen LogP contribution in [0.15, 0.2) is 6.07 Å². The second-order valence-electron chi connectivity index (χ2n) is 1.42. The van der Waals surface area contributed by atoms with Crippen molar-refractivity contribution in [1.29, 1.82) is 0 Å². The van der Waals surface area contributed by atoms with E-state index in [9.17, 15) is 4.39 Å². The molecular formula is C4H6FN3. The van der Waals surface area contributed by atoms with Gasteiger partial charge in [0.1, 0.15) is 0 Å². The molecule has 0 saturated heterocycles. The lowest BCUT2D eigenvalue weighted by atomic mass is 10.4. The standard InChI is InChI=1S/C4H6FN3/c5-4-1-3(2-6)7-8-4/h1H,2,6H2,(H,7,8). The van der Waals surface area contributed by atoms with Crippen molar-refractivity contribution in [2.45, 2.75) is 6.54 Å². The number of hydrogen-bond donors (Lipinski definition) is 2. The molecule has 44 valence electrons. The molecule has 0 saturated carbocycles. The lowest BCUT2D eigenvalue weighted by molar-refractivity contribution is 0.579. The van der Waals surface area contributed by atoms with E-state index >= 15 is 0 Å². The minimum Gasteiger partial charge on any atom is -0.325 e. The van der Waals surface area contributed by atoms with Crippen molar-refractivity contribution < 1.29 is 4.39 Å². The molecule has 0 atom stereocenters. The van der Waals surface area contributed by atoms with Crippen molar-refractivity contribution >= 4 is 0 Å². The fraction of sp³-hybridized carbons (Fsp3) is 0.250. The minimum atomic E-state index is -0.509. The summed E-state index contributed by atoms with van der Waals surface area (Å²) in [6, 6.07) is 1.26. The molecular weight excluding hydrogens is 109 g/mol. The molecule has 1 aromatic rings. The quantitative estimate of drug-likeness (QED) is 0.541.